The van der Waals surface area contributed by atoms with E-state index in [-0.39, 0.29) is 0 Å². The van der Waals surface area contributed by atoms with Crippen molar-refractivity contribution >= 4 is 28.9 Å². The highest BCUT2D eigenvalue weighted by molar-refractivity contribution is 6.34. The third-order valence-electron chi connectivity index (χ3n) is 3.24. The number of nitrogens with one attached hydrogen (secondary N) is 1. The summed E-state index contributed by atoms with van der Waals surface area (Å²) in [4.78, 5) is 4.07. The summed E-state index contributed by atoms with van der Waals surface area (Å²) in [5.41, 5.74) is 3.23. The highest BCUT2D eigenvalue weighted by atomic mass is 35.5. The van der Waals surface area contributed by atoms with E-state index in [9.17, 15) is 0 Å². The first-order chi connectivity index (χ1) is 9.56. The van der Waals surface area contributed by atoms with E-state index in [2.05, 4.69) is 41.5 Å². The Balaban J connectivity index is 1.96. The highest BCUT2D eigenvalue weighted by Gasteiger charge is 2.10. The third-order valence-corrected chi connectivity index (χ3v) is 3.71. The molecule has 2 aromatic rings. The van der Waals surface area contributed by atoms with Crippen molar-refractivity contribution in [2.24, 2.45) is 0 Å². The second-order valence-corrected chi connectivity index (χ2v) is 5.74. The van der Waals surface area contributed by atoms with Gasteiger partial charge in [-0.05, 0) is 43.9 Å². The van der Waals surface area contributed by atoms with Crippen molar-refractivity contribution in [3.05, 3.63) is 57.8 Å². The fourth-order valence-corrected chi connectivity index (χ4v) is 2.70. The molecule has 1 N–H and O–H groups in total. The van der Waals surface area contributed by atoms with Crippen LogP contribution in [-0.2, 0) is 6.42 Å². The molecule has 0 saturated carbocycles. The molecule has 0 aliphatic heterocycles. The molecule has 0 aliphatic rings. The number of anilines is 1. The molecule has 106 valence electrons. The van der Waals surface area contributed by atoms with Crippen LogP contribution in [0.15, 0.2) is 36.4 Å². The molecule has 0 spiro atoms. The lowest BCUT2D eigenvalue weighted by atomic mass is 10.1. The van der Waals surface area contributed by atoms with Crippen LogP contribution in [0.1, 0.15) is 24.5 Å². The number of hydrogen-bond donors (Lipinski definition) is 1. The lowest BCUT2D eigenvalue weighted by Gasteiger charge is -2.18. The first-order valence-corrected chi connectivity index (χ1v) is 7.45. The predicted octanol–water partition coefficient (Wildman–Crippen LogP) is 5.13. The largest absolute Gasteiger partial charge is 0.380 e. The summed E-state index contributed by atoms with van der Waals surface area (Å²) in [7, 11) is 0. The molecule has 1 unspecified atom stereocenters. The first-order valence-electron chi connectivity index (χ1n) is 6.69. The Labute approximate surface area is 130 Å². The van der Waals surface area contributed by atoms with Crippen molar-refractivity contribution in [3.8, 4) is 0 Å². The van der Waals surface area contributed by atoms with Gasteiger partial charge in [-0.15, -0.1) is 0 Å². The van der Waals surface area contributed by atoms with Gasteiger partial charge in [-0.2, -0.15) is 0 Å². The maximum atomic E-state index is 6.14. The summed E-state index contributed by atoms with van der Waals surface area (Å²) in [6, 6.07) is 12.6. The normalized spacial score (nSPS) is 12.2. The van der Waals surface area contributed by atoms with E-state index in [0.29, 0.717) is 16.3 Å². The van der Waals surface area contributed by atoms with Crippen molar-refractivity contribution in [2.75, 3.05) is 5.32 Å². The topological polar surface area (TPSA) is 24.9 Å². The molecule has 4 heteroatoms. The maximum absolute atomic E-state index is 6.14. The fourth-order valence-electron chi connectivity index (χ4n) is 2.12. The van der Waals surface area contributed by atoms with Gasteiger partial charge in [0.2, 0.25) is 0 Å². The van der Waals surface area contributed by atoms with Gasteiger partial charge in [0.15, 0.2) is 5.15 Å². The molecule has 2 nitrogen and oxygen atoms in total. The molecule has 0 fully saturated rings. The summed E-state index contributed by atoms with van der Waals surface area (Å²) < 4.78 is 0. The summed E-state index contributed by atoms with van der Waals surface area (Å²) in [5.74, 6) is 0. The predicted molar refractivity (Wildman–Crippen MR) is 86.8 cm³/mol. The van der Waals surface area contributed by atoms with Gasteiger partial charge in [0, 0.05) is 6.04 Å². The smallest absolute Gasteiger partial charge is 0.154 e. The molecule has 0 saturated heterocycles. The van der Waals surface area contributed by atoms with E-state index in [4.69, 9.17) is 23.2 Å². The minimum absolute atomic E-state index is 0.314. The maximum Gasteiger partial charge on any atom is 0.154 e. The van der Waals surface area contributed by atoms with Crippen molar-refractivity contribution in [1.29, 1.82) is 0 Å². The minimum Gasteiger partial charge on any atom is -0.380 e. The van der Waals surface area contributed by atoms with Gasteiger partial charge >= 0.3 is 0 Å². The summed E-state index contributed by atoms with van der Waals surface area (Å²) in [5, 5.41) is 4.28. The van der Waals surface area contributed by atoms with Crippen molar-refractivity contribution < 1.29 is 0 Å². The summed E-state index contributed by atoms with van der Waals surface area (Å²) in [6.45, 7) is 4.12. The lowest BCUT2D eigenvalue weighted by Crippen LogP contribution is -2.17. The highest BCUT2D eigenvalue weighted by Crippen LogP contribution is 2.27. The van der Waals surface area contributed by atoms with E-state index in [1.807, 2.05) is 19.1 Å². The minimum atomic E-state index is 0.314. The Bertz CT molecular complexity index is 547. The van der Waals surface area contributed by atoms with Crippen LogP contribution in [0.5, 0.6) is 0 Å². The Morgan fingerprint density at radius 1 is 1.20 bits per heavy atom. The standard InChI is InChI=1S/C16H18Cl2N2/c1-11-10-14(17)20-16(18)15(11)19-12(2)8-9-13-6-4-3-5-7-13/h3-7,10,12,19H,8-9H2,1-2H3. The van der Waals surface area contributed by atoms with Crippen LogP contribution in [0.3, 0.4) is 0 Å². The van der Waals surface area contributed by atoms with Crippen LogP contribution in [0.2, 0.25) is 10.3 Å². The van der Waals surface area contributed by atoms with E-state index in [0.717, 1.165) is 24.1 Å². The van der Waals surface area contributed by atoms with Gasteiger partial charge in [-0.25, -0.2) is 4.98 Å². The molecular formula is C16H18Cl2N2. The number of nitrogens with zero attached hydrogens (tertiary/aromatic N) is 1. The van der Waals surface area contributed by atoms with Gasteiger partial charge in [-0.1, -0.05) is 53.5 Å². The third kappa shape index (κ3) is 4.12. The Morgan fingerprint density at radius 3 is 2.55 bits per heavy atom. The molecule has 1 heterocycles. The van der Waals surface area contributed by atoms with Crippen LogP contribution < -0.4 is 5.32 Å². The number of aromatic nitrogens is 1. The van der Waals surface area contributed by atoms with Crippen molar-refractivity contribution in [2.45, 2.75) is 32.7 Å². The molecule has 2 rings (SSSR count). The fraction of sp³-hybridized carbons (Fsp3) is 0.312. The Hall–Kier alpha value is -1.25. The van der Waals surface area contributed by atoms with E-state index < -0.39 is 0 Å². The zero-order chi connectivity index (χ0) is 14.5. The number of rotatable bonds is 5. The molecule has 0 bridgehead atoms. The van der Waals surface area contributed by atoms with Gasteiger partial charge in [0.05, 0.1) is 5.69 Å². The van der Waals surface area contributed by atoms with E-state index in [1.165, 1.54) is 5.56 Å². The molecule has 20 heavy (non-hydrogen) atoms. The molecule has 0 aliphatic carbocycles. The van der Waals surface area contributed by atoms with Gasteiger partial charge in [-0.3, -0.25) is 0 Å². The molecule has 0 amide bonds. The average molecular weight is 309 g/mol. The van der Waals surface area contributed by atoms with Crippen LogP contribution in [0.25, 0.3) is 0 Å². The zero-order valence-corrected chi connectivity index (χ0v) is 13.2. The van der Waals surface area contributed by atoms with Crippen LogP contribution in [0.4, 0.5) is 5.69 Å². The molecule has 1 aromatic heterocycles. The van der Waals surface area contributed by atoms with Crippen molar-refractivity contribution in [1.82, 2.24) is 4.98 Å². The number of pyridine rings is 1. The monoisotopic (exact) mass is 308 g/mol. The van der Waals surface area contributed by atoms with E-state index >= 15 is 0 Å². The molecule has 1 atom stereocenters. The summed E-state index contributed by atoms with van der Waals surface area (Å²) >= 11 is 12.0. The van der Waals surface area contributed by atoms with Crippen LogP contribution in [0, 0.1) is 6.92 Å². The summed E-state index contributed by atoms with van der Waals surface area (Å²) in [6.07, 6.45) is 2.06. The second kappa shape index (κ2) is 6.96. The van der Waals surface area contributed by atoms with Gasteiger partial charge in [0.25, 0.3) is 0 Å². The second-order valence-electron chi connectivity index (χ2n) is 5.00. The lowest BCUT2D eigenvalue weighted by molar-refractivity contribution is 0.705. The quantitative estimate of drug-likeness (QED) is 0.774. The first kappa shape index (κ1) is 15.1. The van der Waals surface area contributed by atoms with E-state index in [1.54, 1.807) is 0 Å². The van der Waals surface area contributed by atoms with Gasteiger partial charge in [0.1, 0.15) is 5.15 Å². The number of hydrogen-bond acceptors (Lipinski definition) is 2. The van der Waals surface area contributed by atoms with Crippen LogP contribution in [-0.4, -0.2) is 11.0 Å². The molecular weight excluding hydrogens is 291 g/mol. The van der Waals surface area contributed by atoms with Crippen molar-refractivity contribution in [3.63, 3.8) is 0 Å². The SMILES string of the molecule is Cc1cc(Cl)nc(Cl)c1NC(C)CCc1ccccc1. The van der Waals surface area contributed by atoms with Crippen LogP contribution >= 0.6 is 23.2 Å². The molecule has 0 radical (unpaired) electrons. The number of halogens is 2. The Kier molecular flexibility index (Phi) is 5.27. The Morgan fingerprint density at radius 2 is 1.90 bits per heavy atom. The zero-order valence-electron chi connectivity index (χ0n) is 11.7. The number of aryl methyl sites for hydroxylation is 2. The number of benzene rings is 1. The molecule has 1 aromatic carbocycles. The van der Waals surface area contributed by atoms with Gasteiger partial charge < -0.3 is 5.32 Å². The average Bonchev–Trinajstić information content (AvgIpc) is 2.42.